The van der Waals surface area contributed by atoms with Crippen molar-refractivity contribution in [3.63, 3.8) is 0 Å². The Kier molecular flexibility index (Phi) is 8.84. The third-order valence-electron chi connectivity index (χ3n) is 3.64. The van der Waals surface area contributed by atoms with Gasteiger partial charge in [0.25, 0.3) is 0 Å². The summed E-state index contributed by atoms with van der Waals surface area (Å²) in [5, 5.41) is 15.7. The summed E-state index contributed by atoms with van der Waals surface area (Å²) >= 11 is 3.57. The average molecular weight is 424 g/mol. The normalized spacial score (nSPS) is 12.0. The molecule has 6 nitrogen and oxygen atoms in total. The van der Waals surface area contributed by atoms with E-state index in [1.165, 1.54) is 0 Å². The lowest BCUT2D eigenvalue weighted by Crippen LogP contribution is -2.31. The summed E-state index contributed by atoms with van der Waals surface area (Å²) in [5.74, 6) is 1.37. The van der Waals surface area contributed by atoms with Crippen molar-refractivity contribution in [1.29, 1.82) is 0 Å². The zero-order valence-corrected chi connectivity index (χ0v) is 16.8. The lowest BCUT2D eigenvalue weighted by molar-refractivity contribution is 0.191. The van der Waals surface area contributed by atoms with E-state index in [1.807, 2.05) is 24.3 Å². The molecule has 1 aromatic heterocycles. The van der Waals surface area contributed by atoms with Gasteiger partial charge in [-0.1, -0.05) is 6.07 Å². The maximum absolute atomic E-state index is 9.20. The highest BCUT2D eigenvalue weighted by atomic mass is 79.9. The molecule has 0 bridgehead atoms. The molecule has 0 aliphatic carbocycles. The Labute approximate surface area is 163 Å². The summed E-state index contributed by atoms with van der Waals surface area (Å²) in [7, 11) is 1.63. The number of aromatic nitrogens is 1. The van der Waals surface area contributed by atoms with Crippen molar-refractivity contribution in [2.75, 3.05) is 26.7 Å². The summed E-state index contributed by atoms with van der Waals surface area (Å²) < 4.78 is 12.3. The van der Waals surface area contributed by atoms with Crippen LogP contribution in [0.5, 0.6) is 11.5 Å². The maximum Gasteiger partial charge on any atom is 0.175 e. The number of rotatable bonds is 11. The van der Waals surface area contributed by atoms with Crippen LogP contribution in [0.3, 0.4) is 0 Å². The van der Waals surface area contributed by atoms with Gasteiger partial charge in [0.15, 0.2) is 11.5 Å². The van der Waals surface area contributed by atoms with Gasteiger partial charge >= 0.3 is 0 Å². The maximum atomic E-state index is 9.20. The van der Waals surface area contributed by atoms with Gasteiger partial charge in [-0.15, -0.1) is 0 Å². The summed E-state index contributed by atoms with van der Waals surface area (Å²) in [6.45, 7) is 5.12. The number of benzene rings is 1. The van der Waals surface area contributed by atoms with Crippen molar-refractivity contribution in [3.8, 4) is 11.5 Å². The predicted molar refractivity (Wildman–Crippen MR) is 106 cm³/mol. The third kappa shape index (κ3) is 6.92. The molecule has 0 unspecified atom stereocenters. The molecule has 0 amide bonds. The van der Waals surface area contributed by atoms with Gasteiger partial charge in [-0.3, -0.25) is 4.98 Å². The minimum absolute atomic E-state index is 0.325. The van der Waals surface area contributed by atoms with Gasteiger partial charge in [-0.2, -0.15) is 0 Å². The molecule has 2 aromatic rings. The number of ether oxygens (including phenoxy) is 2. The number of aliphatic hydroxyl groups is 1. The van der Waals surface area contributed by atoms with E-state index in [0.29, 0.717) is 31.2 Å². The lowest BCUT2D eigenvalue weighted by Gasteiger charge is -2.15. The van der Waals surface area contributed by atoms with Crippen molar-refractivity contribution in [2.24, 2.45) is 0 Å². The highest BCUT2D eigenvalue weighted by Gasteiger charge is 2.12. The smallest absolute Gasteiger partial charge is 0.175 e. The quantitative estimate of drug-likeness (QED) is 0.482. The molecule has 7 heteroatoms. The second-order valence-electron chi connectivity index (χ2n) is 5.99. The Hall–Kier alpha value is -1.67. The molecule has 26 heavy (non-hydrogen) atoms. The van der Waals surface area contributed by atoms with Gasteiger partial charge in [0.2, 0.25) is 0 Å². The van der Waals surface area contributed by atoms with E-state index in [4.69, 9.17) is 9.47 Å². The first-order valence-electron chi connectivity index (χ1n) is 8.57. The molecule has 1 heterocycles. The summed E-state index contributed by atoms with van der Waals surface area (Å²) in [6.07, 6.45) is 3.20. The largest absolute Gasteiger partial charge is 0.493 e. The minimum Gasteiger partial charge on any atom is -0.493 e. The van der Waals surface area contributed by atoms with Gasteiger partial charge in [-0.25, -0.2) is 0 Å². The number of nitrogens with zero attached hydrogens (tertiary/aromatic N) is 1. The number of halogens is 1. The van der Waals surface area contributed by atoms with Crippen LogP contribution >= 0.6 is 15.9 Å². The summed E-state index contributed by atoms with van der Waals surface area (Å²) in [5.41, 5.74) is 2.09. The topological polar surface area (TPSA) is 75.6 Å². The highest BCUT2D eigenvalue weighted by Crippen LogP contribution is 2.37. The molecule has 0 aliphatic rings. The van der Waals surface area contributed by atoms with Gasteiger partial charge in [0.1, 0.15) is 6.61 Å². The number of methoxy groups -OCH3 is 1. The number of aliphatic hydroxyl groups excluding tert-OH is 1. The molecule has 1 aromatic carbocycles. The highest BCUT2D eigenvalue weighted by molar-refractivity contribution is 9.10. The average Bonchev–Trinajstić information content (AvgIpc) is 2.63. The van der Waals surface area contributed by atoms with Crippen LogP contribution in [0.1, 0.15) is 18.1 Å². The zero-order valence-electron chi connectivity index (χ0n) is 15.2. The Morgan fingerprint density at radius 2 is 2.04 bits per heavy atom. The first-order chi connectivity index (χ1) is 12.6. The lowest BCUT2D eigenvalue weighted by atomic mass is 10.2. The first-order valence-corrected chi connectivity index (χ1v) is 9.37. The predicted octanol–water partition coefficient (Wildman–Crippen LogP) is 2.49. The molecule has 0 aliphatic heterocycles. The van der Waals surface area contributed by atoms with Crippen molar-refractivity contribution in [3.05, 3.63) is 52.3 Å². The van der Waals surface area contributed by atoms with Crippen LogP contribution < -0.4 is 20.1 Å². The van der Waals surface area contributed by atoms with Crippen LogP contribution in [0.4, 0.5) is 0 Å². The van der Waals surface area contributed by atoms with Gasteiger partial charge in [-0.05, 0) is 46.6 Å². The summed E-state index contributed by atoms with van der Waals surface area (Å²) in [6, 6.07) is 7.85. The molecular weight excluding hydrogens is 398 g/mol. The van der Waals surface area contributed by atoms with E-state index in [0.717, 1.165) is 28.7 Å². The standard InChI is InChI=1S/C19H26BrN3O3/c1-14(24)10-22-6-7-23-12-16-8-17(20)19(18(9-16)25-2)26-13-15-4-3-5-21-11-15/h3-5,8-9,11,14,22-24H,6-7,10,12-13H2,1-2H3/t14-/m1/s1. The van der Waals surface area contributed by atoms with E-state index in [9.17, 15) is 5.11 Å². The molecule has 0 radical (unpaired) electrons. The number of hydrogen-bond acceptors (Lipinski definition) is 6. The minimum atomic E-state index is -0.325. The van der Waals surface area contributed by atoms with Gasteiger partial charge in [0, 0.05) is 44.1 Å². The Morgan fingerprint density at radius 1 is 1.23 bits per heavy atom. The van der Waals surface area contributed by atoms with Crippen molar-refractivity contribution >= 4 is 15.9 Å². The van der Waals surface area contributed by atoms with Crippen LogP contribution in [0.2, 0.25) is 0 Å². The van der Waals surface area contributed by atoms with Gasteiger partial charge < -0.3 is 25.2 Å². The number of nitrogens with one attached hydrogen (secondary N) is 2. The molecule has 0 spiro atoms. The Morgan fingerprint density at radius 3 is 2.73 bits per heavy atom. The number of hydrogen-bond donors (Lipinski definition) is 3. The van der Waals surface area contributed by atoms with E-state index in [2.05, 4.69) is 31.5 Å². The summed E-state index contributed by atoms with van der Waals surface area (Å²) in [4.78, 5) is 4.09. The van der Waals surface area contributed by atoms with Crippen molar-refractivity contribution in [2.45, 2.75) is 26.2 Å². The van der Waals surface area contributed by atoms with Crippen molar-refractivity contribution in [1.82, 2.24) is 15.6 Å². The van der Waals surface area contributed by atoms with Crippen LogP contribution in [0.15, 0.2) is 41.1 Å². The molecular formula is C19H26BrN3O3. The molecule has 2 rings (SSSR count). The van der Waals surface area contributed by atoms with Crippen molar-refractivity contribution < 1.29 is 14.6 Å². The fourth-order valence-electron chi connectivity index (χ4n) is 2.37. The van der Waals surface area contributed by atoms with Crippen LogP contribution in [0.25, 0.3) is 0 Å². The Bertz CT molecular complexity index is 669. The van der Waals surface area contributed by atoms with E-state index in [-0.39, 0.29) is 6.10 Å². The molecule has 1 atom stereocenters. The second kappa shape index (κ2) is 11.1. The Balaban J connectivity index is 1.89. The molecule has 0 saturated carbocycles. The van der Waals surface area contributed by atoms with Crippen LogP contribution in [0, 0.1) is 0 Å². The SMILES string of the molecule is COc1cc(CNCCNC[C@@H](C)O)cc(Br)c1OCc1cccnc1. The second-order valence-corrected chi connectivity index (χ2v) is 6.84. The molecule has 3 N–H and O–H groups in total. The zero-order chi connectivity index (χ0) is 18.8. The van der Waals surface area contributed by atoms with E-state index in [1.54, 1.807) is 26.4 Å². The molecule has 0 fully saturated rings. The van der Waals surface area contributed by atoms with Gasteiger partial charge in [0.05, 0.1) is 17.7 Å². The fraction of sp³-hybridized carbons (Fsp3) is 0.421. The first kappa shape index (κ1) is 20.6. The van der Waals surface area contributed by atoms with E-state index >= 15 is 0 Å². The monoisotopic (exact) mass is 423 g/mol. The van der Waals surface area contributed by atoms with E-state index < -0.39 is 0 Å². The third-order valence-corrected chi connectivity index (χ3v) is 4.23. The molecule has 0 saturated heterocycles. The molecule has 142 valence electrons. The van der Waals surface area contributed by atoms with Crippen LogP contribution in [-0.4, -0.2) is 42.9 Å². The van der Waals surface area contributed by atoms with Crippen LogP contribution in [-0.2, 0) is 13.2 Å². The fourth-order valence-corrected chi connectivity index (χ4v) is 2.98. The number of pyridine rings is 1.